The molecule has 0 heterocycles. The van der Waals surface area contributed by atoms with Gasteiger partial charge in [0, 0.05) is 12.3 Å². The van der Waals surface area contributed by atoms with E-state index in [0.29, 0.717) is 0 Å². The van der Waals surface area contributed by atoms with Crippen molar-refractivity contribution >= 4 is 31.2 Å². The molecule has 21 heavy (non-hydrogen) atoms. The van der Waals surface area contributed by atoms with Gasteiger partial charge in [-0.1, -0.05) is 13.0 Å². The summed E-state index contributed by atoms with van der Waals surface area (Å²) in [5.74, 6) is -0.508. The Hall–Kier alpha value is -1.72. The minimum atomic E-state index is -4.23. The van der Waals surface area contributed by atoms with Crippen LogP contribution in [0.1, 0.15) is 6.92 Å². The van der Waals surface area contributed by atoms with Crippen molar-refractivity contribution in [1.82, 2.24) is 4.72 Å². The third-order valence-corrected chi connectivity index (χ3v) is 5.85. The van der Waals surface area contributed by atoms with Gasteiger partial charge in [-0.3, -0.25) is 10.1 Å². The Morgan fingerprint density at radius 3 is 2.43 bits per heavy atom. The highest BCUT2D eigenvalue weighted by Gasteiger charge is 2.28. The number of rotatable bonds is 7. The largest absolute Gasteiger partial charge is 0.393 e. The molecule has 0 aliphatic carbocycles. The van der Waals surface area contributed by atoms with Crippen molar-refractivity contribution in [3.8, 4) is 0 Å². The molecule has 0 bridgehead atoms. The van der Waals surface area contributed by atoms with Crippen molar-refractivity contribution in [1.29, 1.82) is 0 Å². The fourth-order valence-electron chi connectivity index (χ4n) is 1.51. The molecule has 0 aromatic heterocycles. The molecule has 118 valence electrons. The Balaban J connectivity index is 3.05. The molecule has 0 saturated heterocycles. The van der Waals surface area contributed by atoms with Gasteiger partial charge in [0.05, 0.1) is 10.7 Å². The van der Waals surface area contributed by atoms with E-state index in [-0.39, 0.29) is 18.0 Å². The Labute approximate surface area is 122 Å². The van der Waals surface area contributed by atoms with Crippen LogP contribution in [0.15, 0.2) is 23.1 Å². The van der Waals surface area contributed by atoms with Crippen LogP contribution < -0.4 is 10.5 Å². The van der Waals surface area contributed by atoms with E-state index in [0.717, 1.165) is 6.07 Å². The van der Waals surface area contributed by atoms with Crippen molar-refractivity contribution < 1.29 is 21.8 Å². The van der Waals surface area contributed by atoms with Crippen LogP contribution in [-0.2, 0) is 19.9 Å². The maximum atomic E-state index is 12.0. The zero-order valence-corrected chi connectivity index (χ0v) is 12.8. The number of sulfonamides is 1. The van der Waals surface area contributed by atoms with Gasteiger partial charge in [-0.15, -0.1) is 0 Å². The third-order valence-electron chi connectivity index (χ3n) is 2.65. The number of anilines is 1. The van der Waals surface area contributed by atoms with Crippen molar-refractivity contribution in [2.24, 2.45) is 0 Å². The lowest BCUT2D eigenvalue weighted by atomic mass is 10.3. The lowest BCUT2D eigenvalue weighted by molar-refractivity contribution is -0.386. The van der Waals surface area contributed by atoms with E-state index >= 15 is 0 Å². The molecule has 1 aromatic carbocycles. The summed E-state index contributed by atoms with van der Waals surface area (Å²) in [6, 6.07) is 3.50. The van der Waals surface area contributed by atoms with Gasteiger partial charge in [0.25, 0.3) is 0 Å². The number of nitrogens with zero attached hydrogens (tertiary/aromatic N) is 1. The predicted octanol–water partition coefficient (Wildman–Crippen LogP) is -0.110. The molecule has 0 amide bonds. The number of sulfone groups is 1. The molecule has 0 radical (unpaired) electrons. The van der Waals surface area contributed by atoms with E-state index < -0.39 is 41.1 Å². The Kier molecular flexibility index (Phi) is 5.25. The van der Waals surface area contributed by atoms with Crippen LogP contribution in [0.4, 0.5) is 11.4 Å². The summed E-state index contributed by atoms with van der Waals surface area (Å²) >= 11 is 0. The minimum absolute atomic E-state index is 0.118. The summed E-state index contributed by atoms with van der Waals surface area (Å²) < 4.78 is 48.6. The number of nitro benzene ring substituents is 1. The average molecular weight is 337 g/mol. The zero-order chi connectivity index (χ0) is 16.3. The van der Waals surface area contributed by atoms with Gasteiger partial charge in [-0.05, 0) is 12.1 Å². The number of nitrogens with one attached hydrogen (secondary N) is 1. The molecule has 0 saturated carbocycles. The van der Waals surface area contributed by atoms with Crippen LogP contribution >= 0.6 is 0 Å². The van der Waals surface area contributed by atoms with Gasteiger partial charge >= 0.3 is 5.69 Å². The summed E-state index contributed by atoms with van der Waals surface area (Å²) in [6.07, 6.45) is 0. The number of benzene rings is 1. The number of nitro groups is 1. The highest BCUT2D eigenvalue weighted by atomic mass is 32.2. The molecule has 0 spiro atoms. The summed E-state index contributed by atoms with van der Waals surface area (Å²) in [5, 5.41) is 10.9. The van der Waals surface area contributed by atoms with Crippen molar-refractivity contribution in [2.75, 3.05) is 23.8 Å². The summed E-state index contributed by atoms with van der Waals surface area (Å²) in [5.41, 5.74) is 4.39. The molecule has 0 aliphatic rings. The minimum Gasteiger partial charge on any atom is -0.393 e. The molecule has 0 atom stereocenters. The maximum absolute atomic E-state index is 12.0. The Bertz CT molecular complexity index is 742. The standard InChI is InChI=1S/C10H15N3O6S2/c1-2-20(16,17)7-6-12-21(18,19)9-5-3-4-8(11)10(9)13(14)15/h3-5,12H,2,6-7,11H2,1H3. The molecule has 9 nitrogen and oxygen atoms in total. The maximum Gasteiger partial charge on any atom is 0.312 e. The van der Waals surface area contributed by atoms with E-state index in [9.17, 15) is 26.9 Å². The monoisotopic (exact) mass is 337 g/mol. The fraction of sp³-hybridized carbons (Fsp3) is 0.400. The number of para-hydroxylation sites is 1. The first-order valence-electron chi connectivity index (χ1n) is 5.83. The summed E-state index contributed by atoms with van der Waals surface area (Å²) in [4.78, 5) is 9.41. The first-order chi connectivity index (χ1) is 9.60. The summed E-state index contributed by atoms with van der Waals surface area (Å²) in [7, 11) is -7.57. The van der Waals surface area contributed by atoms with E-state index in [4.69, 9.17) is 5.73 Å². The van der Waals surface area contributed by atoms with E-state index in [2.05, 4.69) is 0 Å². The van der Waals surface area contributed by atoms with Crippen LogP contribution in [-0.4, -0.2) is 39.8 Å². The molecule has 1 aromatic rings. The van der Waals surface area contributed by atoms with E-state index in [1.54, 1.807) is 0 Å². The number of hydrogen-bond donors (Lipinski definition) is 2. The number of nitrogen functional groups attached to an aromatic ring is 1. The molecule has 0 fully saturated rings. The lowest BCUT2D eigenvalue weighted by Crippen LogP contribution is -2.30. The first-order valence-corrected chi connectivity index (χ1v) is 9.14. The normalized spacial score (nSPS) is 12.2. The fourth-order valence-corrected chi connectivity index (χ4v) is 3.57. The average Bonchev–Trinajstić information content (AvgIpc) is 2.37. The Morgan fingerprint density at radius 2 is 1.90 bits per heavy atom. The van der Waals surface area contributed by atoms with Gasteiger partial charge in [0.1, 0.15) is 5.69 Å². The van der Waals surface area contributed by atoms with E-state index in [1.807, 2.05) is 4.72 Å². The second kappa shape index (κ2) is 6.37. The smallest absolute Gasteiger partial charge is 0.312 e. The van der Waals surface area contributed by atoms with Gasteiger partial charge < -0.3 is 5.73 Å². The van der Waals surface area contributed by atoms with Gasteiger partial charge in [-0.25, -0.2) is 21.6 Å². The molecular weight excluding hydrogens is 322 g/mol. The molecular formula is C10H15N3O6S2. The quantitative estimate of drug-likeness (QED) is 0.400. The lowest BCUT2D eigenvalue weighted by Gasteiger charge is -2.08. The molecule has 3 N–H and O–H groups in total. The van der Waals surface area contributed by atoms with Crippen molar-refractivity contribution in [2.45, 2.75) is 11.8 Å². The highest BCUT2D eigenvalue weighted by Crippen LogP contribution is 2.29. The van der Waals surface area contributed by atoms with Crippen LogP contribution in [0.3, 0.4) is 0 Å². The van der Waals surface area contributed by atoms with Crippen LogP contribution in [0.5, 0.6) is 0 Å². The molecule has 0 unspecified atom stereocenters. The van der Waals surface area contributed by atoms with Gasteiger partial charge in [0.2, 0.25) is 10.0 Å². The van der Waals surface area contributed by atoms with Crippen molar-refractivity contribution in [3.63, 3.8) is 0 Å². The van der Waals surface area contributed by atoms with Crippen molar-refractivity contribution in [3.05, 3.63) is 28.3 Å². The second-order valence-electron chi connectivity index (χ2n) is 4.09. The van der Waals surface area contributed by atoms with Crippen LogP contribution in [0.2, 0.25) is 0 Å². The van der Waals surface area contributed by atoms with Gasteiger partial charge in [0.15, 0.2) is 14.7 Å². The SMILES string of the molecule is CCS(=O)(=O)CCNS(=O)(=O)c1cccc(N)c1[N+](=O)[O-]. The second-order valence-corrected chi connectivity index (χ2v) is 8.29. The molecule has 11 heteroatoms. The predicted molar refractivity (Wildman–Crippen MR) is 77.0 cm³/mol. The van der Waals surface area contributed by atoms with E-state index in [1.165, 1.54) is 19.1 Å². The number of nitrogens with two attached hydrogens (primary N) is 1. The highest BCUT2D eigenvalue weighted by molar-refractivity contribution is 7.91. The Morgan fingerprint density at radius 1 is 1.29 bits per heavy atom. The van der Waals surface area contributed by atoms with Crippen LogP contribution in [0.25, 0.3) is 0 Å². The molecule has 1 rings (SSSR count). The third kappa shape index (κ3) is 4.37. The molecule has 0 aliphatic heterocycles. The van der Waals surface area contributed by atoms with Gasteiger partial charge in [-0.2, -0.15) is 0 Å². The summed E-state index contributed by atoms with van der Waals surface area (Å²) in [6.45, 7) is 1.07. The zero-order valence-electron chi connectivity index (χ0n) is 11.1. The number of hydrogen-bond acceptors (Lipinski definition) is 7. The first kappa shape index (κ1) is 17.3. The van der Waals surface area contributed by atoms with Crippen LogP contribution in [0, 0.1) is 10.1 Å². The topological polar surface area (TPSA) is 149 Å².